The third kappa shape index (κ3) is 4.34. The van der Waals surface area contributed by atoms with Gasteiger partial charge in [0.1, 0.15) is 0 Å². The van der Waals surface area contributed by atoms with E-state index >= 15 is 0 Å². The first-order valence-electron chi connectivity index (χ1n) is 7.64. The number of hydrogen-bond acceptors (Lipinski definition) is 3. The van der Waals surface area contributed by atoms with Crippen molar-refractivity contribution < 1.29 is 4.79 Å². The van der Waals surface area contributed by atoms with E-state index < -0.39 is 0 Å². The zero-order valence-electron chi connectivity index (χ0n) is 13.1. The molecule has 20 heavy (non-hydrogen) atoms. The predicted octanol–water partition coefficient (Wildman–Crippen LogP) is 1.73. The molecule has 118 valence electrons. The molecule has 0 aromatic carbocycles. The van der Waals surface area contributed by atoms with Crippen molar-refractivity contribution in [2.45, 2.75) is 46.1 Å². The molecule has 2 rings (SSSR count). The van der Waals surface area contributed by atoms with Gasteiger partial charge in [0.15, 0.2) is 0 Å². The number of hydrogen-bond donors (Lipinski definition) is 1. The number of nitrogens with zero attached hydrogens (tertiary/aromatic N) is 2. The lowest BCUT2D eigenvalue weighted by atomic mass is 9.80. The molecule has 2 aliphatic rings. The van der Waals surface area contributed by atoms with Crippen molar-refractivity contribution in [1.82, 2.24) is 9.80 Å². The first-order chi connectivity index (χ1) is 8.88. The normalized spacial score (nSPS) is 28.0. The van der Waals surface area contributed by atoms with E-state index in [1.165, 1.54) is 0 Å². The molecular formula is C15H30ClN3O. The van der Waals surface area contributed by atoms with Gasteiger partial charge in [-0.3, -0.25) is 9.69 Å². The highest BCUT2D eigenvalue weighted by Gasteiger charge is 2.34. The molecule has 2 heterocycles. The predicted molar refractivity (Wildman–Crippen MR) is 85.0 cm³/mol. The average Bonchev–Trinajstić information content (AvgIpc) is 2.34. The first-order valence-corrected chi connectivity index (χ1v) is 7.64. The molecule has 4 nitrogen and oxygen atoms in total. The largest absolute Gasteiger partial charge is 0.342 e. The van der Waals surface area contributed by atoms with Crippen molar-refractivity contribution in [2.24, 2.45) is 17.1 Å². The van der Waals surface area contributed by atoms with Crippen molar-refractivity contribution in [3.63, 3.8) is 0 Å². The van der Waals surface area contributed by atoms with Crippen LogP contribution in [0.5, 0.6) is 0 Å². The Balaban J connectivity index is 0.00000200. The molecule has 0 saturated carbocycles. The Hall–Kier alpha value is -0.320. The molecule has 0 aromatic rings. The maximum absolute atomic E-state index is 12.3. The van der Waals surface area contributed by atoms with Crippen molar-refractivity contribution in [3.05, 3.63) is 0 Å². The quantitative estimate of drug-likeness (QED) is 0.845. The number of nitrogens with two attached hydrogens (primary N) is 1. The van der Waals surface area contributed by atoms with Gasteiger partial charge < -0.3 is 10.6 Å². The molecule has 0 bridgehead atoms. The fraction of sp³-hybridized carbons (Fsp3) is 0.933. The van der Waals surface area contributed by atoms with Gasteiger partial charge in [0.05, 0.1) is 6.54 Å². The van der Waals surface area contributed by atoms with Gasteiger partial charge in [-0.2, -0.15) is 0 Å². The summed E-state index contributed by atoms with van der Waals surface area (Å²) in [6, 6.07) is 0.259. The van der Waals surface area contributed by atoms with E-state index in [1.807, 2.05) is 4.90 Å². The zero-order valence-corrected chi connectivity index (χ0v) is 13.9. The minimum atomic E-state index is 0. The number of amides is 1. The van der Waals surface area contributed by atoms with Crippen molar-refractivity contribution >= 4 is 18.3 Å². The molecule has 1 atom stereocenters. The number of piperidine rings is 2. The first kappa shape index (κ1) is 17.7. The van der Waals surface area contributed by atoms with Crippen LogP contribution < -0.4 is 5.73 Å². The van der Waals surface area contributed by atoms with Gasteiger partial charge in [-0.15, -0.1) is 12.4 Å². The highest BCUT2D eigenvalue weighted by molar-refractivity contribution is 5.85. The number of carbonyl (C=O) groups is 1. The molecule has 1 amide bonds. The van der Waals surface area contributed by atoms with Crippen molar-refractivity contribution in [2.75, 3.05) is 32.7 Å². The number of halogens is 1. The Morgan fingerprint density at radius 1 is 1.20 bits per heavy atom. The Labute approximate surface area is 129 Å². The van der Waals surface area contributed by atoms with Gasteiger partial charge in [-0.25, -0.2) is 0 Å². The van der Waals surface area contributed by atoms with E-state index in [0.29, 0.717) is 12.5 Å². The molecule has 0 radical (unpaired) electrons. The molecule has 5 heteroatoms. The van der Waals surface area contributed by atoms with E-state index in [4.69, 9.17) is 5.73 Å². The molecule has 2 fully saturated rings. The average molecular weight is 304 g/mol. The molecule has 1 unspecified atom stereocenters. The van der Waals surface area contributed by atoms with E-state index in [2.05, 4.69) is 25.7 Å². The Morgan fingerprint density at radius 2 is 1.80 bits per heavy atom. The van der Waals surface area contributed by atoms with Crippen LogP contribution >= 0.6 is 12.4 Å². The summed E-state index contributed by atoms with van der Waals surface area (Å²) in [7, 11) is 0. The molecule has 2 saturated heterocycles. The van der Waals surface area contributed by atoms with Gasteiger partial charge in [0, 0.05) is 32.2 Å². The van der Waals surface area contributed by atoms with Crippen LogP contribution in [0.4, 0.5) is 0 Å². The van der Waals surface area contributed by atoms with Gasteiger partial charge in [0.25, 0.3) is 0 Å². The summed E-state index contributed by atoms with van der Waals surface area (Å²) < 4.78 is 0. The van der Waals surface area contributed by atoms with Crippen LogP contribution in [0.25, 0.3) is 0 Å². The summed E-state index contributed by atoms with van der Waals surface area (Å²) in [6.45, 7) is 11.0. The Bertz CT molecular complexity index is 327. The number of carbonyl (C=O) groups excluding carboxylic acids is 1. The minimum absolute atomic E-state index is 0. The minimum Gasteiger partial charge on any atom is -0.342 e. The van der Waals surface area contributed by atoms with Gasteiger partial charge in [0.2, 0.25) is 5.91 Å². The smallest absolute Gasteiger partial charge is 0.236 e. The van der Waals surface area contributed by atoms with Crippen LogP contribution in [0, 0.1) is 11.3 Å². The van der Waals surface area contributed by atoms with Gasteiger partial charge >= 0.3 is 0 Å². The highest BCUT2D eigenvalue weighted by Crippen LogP contribution is 2.27. The van der Waals surface area contributed by atoms with Gasteiger partial charge in [-0.1, -0.05) is 20.8 Å². The molecule has 2 N–H and O–H groups in total. The summed E-state index contributed by atoms with van der Waals surface area (Å²) in [5.74, 6) is 1.08. The Morgan fingerprint density at radius 3 is 2.35 bits per heavy atom. The summed E-state index contributed by atoms with van der Waals surface area (Å²) in [6.07, 6.45) is 3.31. The molecule has 2 aliphatic heterocycles. The van der Waals surface area contributed by atoms with E-state index in [0.717, 1.165) is 51.4 Å². The number of rotatable bonds is 2. The lowest BCUT2D eigenvalue weighted by molar-refractivity contribution is -0.134. The second kappa shape index (κ2) is 7.10. The van der Waals surface area contributed by atoms with Crippen LogP contribution in [-0.2, 0) is 4.79 Å². The lowest BCUT2D eigenvalue weighted by Crippen LogP contribution is -2.54. The SMILES string of the molecule is CC1CCN(C(=O)CN2CCC(N)C(C)(C)C2)CC1.Cl. The van der Waals surface area contributed by atoms with Crippen LogP contribution in [0.2, 0.25) is 0 Å². The van der Waals surface area contributed by atoms with E-state index in [1.54, 1.807) is 0 Å². The van der Waals surface area contributed by atoms with Crippen LogP contribution in [0.1, 0.15) is 40.0 Å². The second-order valence-corrected chi connectivity index (χ2v) is 7.16. The summed E-state index contributed by atoms with van der Waals surface area (Å²) in [5.41, 5.74) is 6.26. The highest BCUT2D eigenvalue weighted by atomic mass is 35.5. The summed E-state index contributed by atoms with van der Waals surface area (Å²) in [4.78, 5) is 16.6. The van der Waals surface area contributed by atoms with Crippen LogP contribution in [0.3, 0.4) is 0 Å². The molecular weight excluding hydrogens is 274 g/mol. The fourth-order valence-electron chi connectivity index (χ4n) is 3.17. The topological polar surface area (TPSA) is 49.6 Å². The Kier molecular flexibility index (Phi) is 6.29. The third-order valence-electron chi connectivity index (χ3n) is 4.89. The standard InChI is InChI=1S/C15H29N3O.ClH/c1-12-4-8-18(9-5-12)14(19)10-17-7-6-13(16)15(2,3)11-17;/h12-13H,4-11,16H2,1-3H3;1H. The fourth-order valence-corrected chi connectivity index (χ4v) is 3.17. The van der Waals surface area contributed by atoms with Gasteiger partial charge in [-0.05, 0) is 30.6 Å². The molecule has 0 aliphatic carbocycles. The van der Waals surface area contributed by atoms with Crippen LogP contribution in [0.15, 0.2) is 0 Å². The maximum atomic E-state index is 12.3. The summed E-state index contributed by atoms with van der Waals surface area (Å²) >= 11 is 0. The molecule has 0 spiro atoms. The van der Waals surface area contributed by atoms with Crippen LogP contribution in [-0.4, -0.2) is 54.5 Å². The third-order valence-corrected chi connectivity index (χ3v) is 4.89. The monoisotopic (exact) mass is 303 g/mol. The van der Waals surface area contributed by atoms with E-state index in [-0.39, 0.29) is 23.9 Å². The maximum Gasteiger partial charge on any atom is 0.236 e. The van der Waals surface area contributed by atoms with Crippen molar-refractivity contribution in [3.8, 4) is 0 Å². The summed E-state index contributed by atoms with van der Waals surface area (Å²) in [5, 5.41) is 0. The van der Waals surface area contributed by atoms with Crippen molar-refractivity contribution in [1.29, 1.82) is 0 Å². The van der Waals surface area contributed by atoms with E-state index in [9.17, 15) is 4.79 Å². The zero-order chi connectivity index (χ0) is 14.0. The number of likely N-dealkylation sites (tertiary alicyclic amines) is 2. The lowest BCUT2D eigenvalue weighted by Gasteiger charge is -2.43. The second-order valence-electron chi connectivity index (χ2n) is 7.16. The molecule has 0 aromatic heterocycles.